The summed E-state index contributed by atoms with van der Waals surface area (Å²) in [4.78, 5) is 21.6. The predicted octanol–water partition coefficient (Wildman–Crippen LogP) is 2.02. The Labute approximate surface area is 115 Å². The summed E-state index contributed by atoms with van der Waals surface area (Å²) in [5.74, 6) is -2.04. The van der Waals surface area contributed by atoms with Crippen molar-refractivity contribution < 1.29 is 23.5 Å². The molecule has 1 rings (SSSR count). The molecule has 0 saturated carbocycles. The zero-order valence-corrected chi connectivity index (χ0v) is 10.8. The third-order valence-electron chi connectivity index (χ3n) is 2.55. The first kappa shape index (κ1) is 15.9. The Hall–Kier alpha value is -2.18. The standard InChI is InChI=1S/C13H16F2N2O3/c14-10-4-5-11(15)9(7-10)8-17-13(20)16-6-2-1-3-12(18)19/h4-5,7H,1-3,6,8H2,(H,18,19)(H2,16,17,20). The van der Waals surface area contributed by atoms with E-state index in [9.17, 15) is 18.4 Å². The predicted molar refractivity (Wildman–Crippen MR) is 68.1 cm³/mol. The van der Waals surface area contributed by atoms with Crippen LogP contribution in [0.5, 0.6) is 0 Å². The molecule has 0 aliphatic heterocycles. The molecular weight excluding hydrogens is 270 g/mol. The molecule has 0 bridgehead atoms. The summed E-state index contributed by atoms with van der Waals surface area (Å²) in [6.07, 6.45) is 1.06. The lowest BCUT2D eigenvalue weighted by molar-refractivity contribution is -0.137. The van der Waals surface area contributed by atoms with E-state index in [1.807, 2.05) is 0 Å². The van der Waals surface area contributed by atoms with Crippen LogP contribution in [0.25, 0.3) is 0 Å². The second-order valence-corrected chi connectivity index (χ2v) is 4.20. The molecule has 0 spiro atoms. The van der Waals surface area contributed by atoms with Crippen molar-refractivity contribution >= 4 is 12.0 Å². The maximum atomic E-state index is 13.3. The number of aliphatic carboxylic acids is 1. The maximum absolute atomic E-state index is 13.3. The summed E-state index contributed by atoms with van der Waals surface area (Å²) in [6.45, 7) is 0.204. The van der Waals surface area contributed by atoms with E-state index in [1.165, 1.54) is 0 Å². The Balaban J connectivity index is 2.23. The molecule has 2 amide bonds. The first-order valence-electron chi connectivity index (χ1n) is 6.16. The van der Waals surface area contributed by atoms with Crippen LogP contribution in [0.1, 0.15) is 24.8 Å². The van der Waals surface area contributed by atoms with Gasteiger partial charge in [0.2, 0.25) is 0 Å². The summed E-state index contributed by atoms with van der Waals surface area (Å²) >= 11 is 0. The lowest BCUT2D eigenvalue weighted by Crippen LogP contribution is -2.35. The van der Waals surface area contributed by atoms with Crippen LogP contribution in [0.4, 0.5) is 13.6 Å². The number of carbonyl (C=O) groups is 2. The summed E-state index contributed by atoms with van der Waals surface area (Å²) in [7, 11) is 0. The Kier molecular flexibility index (Phi) is 6.42. The minimum absolute atomic E-state index is 0.0534. The van der Waals surface area contributed by atoms with Gasteiger partial charge in [0.05, 0.1) is 0 Å². The molecule has 0 aliphatic carbocycles. The van der Waals surface area contributed by atoms with Gasteiger partial charge < -0.3 is 15.7 Å². The van der Waals surface area contributed by atoms with E-state index >= 15 is 0 Å². The molecular formula is C13H16F2N2O3. The van der Waals surface area contributed by atoms with Gasteiger partial charge in [-0.1, -0.05) is 0 Å². The smallest absolute Gasteiger partial charge is 0.315 e. The molecule has 0 aliphatic rings. The van der Waals surface area contributed by atoms with Crippen LogP contribution in [0.2, 0.25) is 0 Å². The number of urea groups is 1. The number of unbranched alkanes of at least 4 members (excludes halogenated alkanes) is 1. The molecule has 0 fully saturated rings. The van der Waals surface area contributed by atoms with Crippen molar-refractivity contribution in [3.63, 3.8) is 0 Å². The van der Waals surface area contributed by atoms with Crippen molar-refractivity contribution in [2.45, 2.75) is 25.8 Å². The molecule has 7 heteroatoms. The normalized spacial score (nSPS) is 10.1. The van der Waals surface area contributed by atoms with E-state index in [1.54, 1.807) is 0 Å². The number of hydrogen-bond acceptors (Lipinski definition) is 2. The minimum atomic E-state index is -0.879. The molecule has 0 atom stereocenters. The molecule has 1 aromatic rings. The number of halogens is 2. The van der Waals surface area contributed by atoms with Crippen LogP contribution >= 0.6 is 0 Å². The highest BCUT2D eigenvalue weighted by molar-refractivity contribution is 5.73. The fraction of sp³-hybridized carbons (Fsp3) is 0.385. The van der Waals surface area contributed by atoms with Gasteiger partial charge in [0.25, 0.3) is 0 Å². The van der Waals surface area contributed by atoms with Crippen LogP contribution in [0.15, 0.2) is 18.2 Å². The zero-order valence-electron chi connectivity index (χ0n) is 10.8. The Morgan fingerprint density at radius 1 is 1.15 bits per heavy atom. The first-order chi connectivity index (χ1) is 9.49. The molecule has 1 aromatic carbocycles. The number of carboxylic acids is 1. The number of carbonyl (C=O) groups excluding carboxylic acids is 1. The number of amides is 2. The summed E-state index contributed by atoms with van der Waals surface area (Å²) < 4.78 is 26.1. The molecule has 20 heavy (non-hydrogen) atoms. The molecule has 0 saturated heterocycles. The van der Waals surface area contributed by atoms with E-state index in [2.05, 4.69) is 10.6 Å². The van der Waals surface area contributed by atoms with E-state index in [-0.39, 0.29) is 18.5 Å². The monoisotopic (exact) mass is 286 g/mol. The quantitative estimate of drug-likeness (QED) is 0.671. The lowest BCUT2D eigenvalue weighted by atomic mass is 10.2. The molecule has 0 unspecified atom stereocenters. The fourth-order valence-corrected chi connectivity index (χ4v) is 1.52. The van der Waals surface area contributed by atoms with E-state index < -0.39 is 23.6 Å². The van der Waals surface area contributed by atoms with Gasteiger partial charge in [-0.3, -0.25) is 4.79 Å². The zero-order chi connectivity index (χ0) is 15.0. The molecule has 3 N–H and O–H groups in total. The second kappa shape index (κ2) is 8.08. The van der Waals surface area contributed by atoms with Gasteiger partial charge in [-0.05, 0) is 31.0 Å². The average Bonchev–Trinajstić information content (AvgIpc) is 2.39. The topological polar surface area (TPSA) is 78.4 Å². The molecule has 5 nitrogen and oxygen atoms in total. The highest BCUT2D eigenvalue weighted by Crippen LogP contribution is 2.08. The highest BCUT2D eigenvalue weighted by atomic mass is 19.1. The Morgan fingerprint density at radius 2 is 1.90 bits per heavy atom. The van der Waals surface area contributed by atoms with Crippen LogP contribution in [0.3, 0.4) is 0 Å². The summed E-state index contributed by atoms with van der Waals surface area (Å²) in [6, 6.07) is 2.50. The third kappa shape index (κ3) is 6.12. The number of benzene rings is 1. The van der Waals surface area contributed by atoms with Crippen LogP contribution < -0.4 is 10.6 Å². The third-order valence-corrected chi connectivity index (χ3v) is 2.55. The van der Waals surface area contributed by atoms with E-state index in [4.69, 9.17) is 5.11 Å². The van der Waals surface area contributed by atoms with Gasteiger partial charge in [-0.2, -0.15) is 0 Å². The highest BCUT2D eigenvalue weighted by Gasteiger charge is 2.06. The number of carboxylic acid groups (broad SMARTS) is 1. The summed E-state index contributed by atoms with van der Waals surface area (Å²) in [5.41, 5.74) is 0.0611. The van der Waals surface area contributed by atoms with Gasteiger partial charge in [0.15, 0.2) is 0 Å². The van der Waals surface area contributed by atoms with Crippen LogP contribution in [0, 0.1) is 11.6 Å². The Bertz CT molecular complexity index is 481. The minimum Gasteiger partial charge on any atom is -0.481 e. The number of rotatable bonds is 7. The van der Waals surface area contributed by atoms with Crippen LogP contribution in [-0.2, 0) is 11.3 Å². The molecule has 0 aromatic heterocycles. The largest absolute Gasteiger partial charge is 0.481 e. The van der Waals surface area contributed by atoms with Crippen molar-refractivity contribution in [2.75, 3.05) is 6.54 Å². The van der Waals surface area contributed by atoms with E-state index in [0.717, 1.165) is 18.2 Å². The van der Waals surface area contributed by atoms with Gasteiger partial charge in [0, 0.05) is 25.1 Å². The van der Waals surface area contributed by atoms with E-state index in [0.29, 0.717) is 19.4 Å². The van der Waals surface area contributed by atoms with Crippen molar-refractivity contribution in [3.8, 4) is 0 Å². The molecule has 110 valence electrons. The lowest BCUT2D eigenvalue weighted by Gasteiger charge is -2.08. The van der Waals surface area contributed by atoms with Crippen molar-refractivity contribution in [1.82, 2.24) is 10.6 Å². The summed E-state index contributed by atoms with van der Waals surface area (Å²) in [5, 5.41) is 13.3. The number of hydrogen-bond donors (Lipinski definition) is 3. The van der Waals surface area contributed by atoms with Crippen molar-refractivity contribution in [3.05, 3.63) is 35.4 Å². The van der Waals surface area contributed by atoms with Gasteiger partial charge in [-0.25, -0.2) is 13.6 Å². The molecule has 0 heterocycles. The number of nitrogens with one attached hydrogen (secondary N) is 2. The second-order valence-electron chi connectivity index (χ2n) is 4.20. The van der Waals surface area contributed by atoms with Crippen LogP contribution in [-0.4, -0.2) is 23.7 Å². The first-order valence-corrected chi connectivity index (χ1v) is 6.16. The van der Waals surface area contributed by atoms with Crippen molar-refractivity contribution in [2.24, 2.45) is 0 Å². The fourth-order valence-electron chi connectivity index (χ4n) is 1.52. The average molecular weight is 286 g/mol. The SMILES string of the molecule is O=C(O)CCCCNC(=O)NCc1cc(F)ccc1F. The molecule has 0 radical (unpaired) electrons. The van der Waals surface area contributed by atoms with Crippen molar-refractivity contribution in [1.29, 1.82) is 0 Å². The Morgan fingerprint density at radius 3 is 2.60 bits per heavy atom. The van der Waals surface area contributed by atoms with Gasteiger partial charge in [-0.15, -0.1) is 0 Å². The maximum Gasteiger partial charge on any atom is 0.315 e. The van der Waals surface area contributed by atoms with Gasteiger partial charge >= 0.3 is 12.0 Å². The van der Waals surface area contributed by atoms with Gasteiger partial charge in [0.1, 0.15) is 11.6 Å².